The fourth-order valence-electron chi connectivity index (χ4n) is 2.25. The summed E-state index contributed by atoms with van der Waals surface area (Å²) in [7, 11) is -0.804. The maximum absolute atomic E-state index is 12.1. The van der Waals surface area contributed by atoms with E-state index in [-0.39, 0.29) is 31.9 Å². The lowest BCUT2D eigenvalue weighted by Crippen LogP contribution is -2.58. The Balaban J connectivity index is 2.42. The summed E-state index contributed by atoms with van der Waals surface area (Å²) in [6.07, 6.45) is 0.638. The molecule has 1 heterocycles. The number of rotatable bonds is 4. The number of nitrogens with one attached hydrogen (secondary N) is 1. The maximum Gasteiger partial charge on any atom is 0.467 e. The van der Waals surface area contributed by atoms with Crippen LogP contribution < -0.4 is 15.6 Å². The molecule has 0 aromatic heterocycles. The van der Waals surface area contributed by atoms with Crippen molar-refractivity contribution in [1.82, 2.24) is 5.32 Å². The molecular weight excluding hydrogens is 457 g/mol. The van der Waals surface area contributed by atoms with Gasteiger partial charge in [0, 0.05) is 12.0 Å². The lowest BCUT2D eigenvalue weighted by atomic mass is 9.68. The van der Waals surface area contributed by atoms with E-state index in [9.17, 15) is 9.59 Å². The van der Waals surface area contributed by atoms with Gasteiger partial charge in [-0.25, -0.2) is 4.79 Å². The summed E-state index contributed by atoms with van der Waals surface area (Å²) >= 11 is 14.2. The maximum atomic E-state index is 12.1. The van der Waals surface area contributed by atoms with Crippen molar-refractivity contribution in [2.75, 3.05) is 4.61 Å². The number of alkyl halides is 1. The number of carbonyl (C=O) groups excluding carboxylic acids is 2. The molecule has 0 radical (unpaired) electrons. The van der Waals surface area contributed by atoms with E-state index in [1.807, 2.05) is 22.6 Å². The predicted molar refractivity (Wildman–Crippen MR) is 97.3 cm³/mol. The summed E-state index contributed by atoms with van der Waals surface area (Å²) in [4.78, 5) is 23.7. The van der Waals surface area contributed by atoms with Gasteiger partial charge in [-0.3, -0.25) is 4.79 Å². The van der Waals surface area contributed by atoms with E-state index in [1.165, 1.54) is 6.07 Å². The van der Waals surface area contributed by atoms with Crippen molar-refractivity contribution in [3.8, 4) is 5.75 Å². The first-order valence-electron chi connectivity index (χ1n) is 6.84. The van der Waals surface area contributed by atoms with Crippen molar-refractivity contribution in [1.29, 1.82) is 0 Å². The van der Waals surface area contributed by atoms with Crippen LogP contribution in [0.2, 0.25) is 10.0 Å². The van der Waals surface area contributed by atoms with Gasteiger partial charge in [0.2, 0.25) is 5.91 Å². The number of carbonyl (C=O) groups is 2. The van der Waals surface area contributed by atoms with Crippen LogP contribution in [0.4, 0.5) is 0 Å². The van der Waals surface area contributed by atoms with Crippen LogP contribution in [-0.2, 0) is 16.0 Å². The van der Waals surface area contributed by atoms with Crippen molar-refractivity contribution in [2.24, 2.45) is 5.64 Å². The number of halogens is 3. The van der Waals surface area contributed by atoms with Crippen LogP contribution in [0.3, 0.4) is 0 Å². The zero-order valence-corrected chi connectivity index (χ0v) is 15.9. The highest BCUT2D eigenvalue weighted by atomic mass is 127. The average Bonchev–Trinajstić information content (AvgIpc) is 2.52. The Morgan fingerprint density at radius 3 is 2.87 bits per heavy atom. The first kappa shape index (κ1) is 18.6. The van der Waals surface area contributed by atoms with Gasteiger partial charge in [0.1, 0.15) is 15.9 Å². The van der Waals surface area contributed by atoms with Crippen LogP contribution in [-0.4, -0.2) is 29.5 Å². The molecule has 0 saturated carbocycles. The van der Waals surface area contributed by atoms with Gasteiger partial charge < -0.3 is 20.4 Å². The van der Waals surface area contributed by atoms with E-state index in [1.54, 1.807) is 6.92 Å². The Morgan fingerprint density at radius 1 is 1.57 bits per heavy atom. The van der Waals surface area contributed by atoms with Gasteiger partial charge in [-0.05, 0) is 35.1 Å². The number of nitrogens with two attached hydrogens (primary N) is 1. The van der Waals surface area contributed by atoms with Crippen LogP contribution in [0.25, 0.3) is 0 Å². The van der Waals surface area contributed by atoms with Gasteiger partial charge in [-0.15, -0.1) is 0 Å². The Hall–Kier alpha value is -0.705. The van der Waals surface area contributed by atoms with Crippen molar-refractivity contribution < 1.29 is 19.0 Å². The first-order valence-corrected chi connectivity index (χ1v) is 9.12. The van der Waals surface area contributed by atoms with Crippen LogP contribution in [0.5, 0.6) is 5.75 Å². The molecule has 2 rings (SSSR count). The summed E-state index contributed by atoms with van der Waals surface area (Å²) < 4.78 is 10.8. The van der Waals surface area contributed by atoms with E-state index in [2.05, 4.69) is 5.32 Å². The molecule has 1 aliphatic heterocycles. The highest BCUT2D eigenvalue weighted by molar-refractivity contribution is 14.1. The topological polar surface area (TPSA) is 90.7 Å². The molecule has 124 valence electrons. The van der Waals surface area contributed by atoms with E-state index in [0.717, 1.165) is 0 Å². The van der Waals surface area contributed by atoms with Crippen LogP contribution >= 0.6 is 45.8 Å². The third-order valence-electron chi connectivity index (χ3n) is 3.41. The molecule has 1 amide bonds. The van der Waals surface area contributed by atoms with Crippen molar-refractivity contribution >= 4 is 64.7 Å². The van der Waals surface area contributed by atoms with Crippen molar-refractivity contribution in [2.45, 2.75) is 25.7 Å². The molecule has 23 heavy (non-hydrogen) atoms. The van der Waals surface area contributed by atoms with E-state index in [0.29, 0.717) is 18.4 Å². The third-order valence-corrected chi connectivity index (χ3v) is 4.55. The monoisotopic (exact) mass is 470 g/mol. The summed E-state index contributed by atoms with van der Waals surface area (Å²) in [5, 5.41) is 3.26. The van der Waals surface area contributed by atoms with E-state index in [4.69, 9.17) is 38.2 Å². The molecule has 1 atom stereocenters. The average molecular weight is 471 g/mol. The number of ether oxygens (including phenoxy) is 1. The molecule has 1 aliphatic rings. The molecule has 1 aromatic rings. The van der Waals surface area contributed by atoms with Gasteiger partial charge in [0.15, 0.2) is 0 Å². The predicted octanol–water partition coefficient (Wildman–Crippen LogP) is 2.36. The van der Waals surface area contributed by atoms with Crippen LogP contribution in [0.15, 0.2) is 6.07 Å². The number of benzene rings is 1. The fourth-order valence-corrected chi connectivity index (χ4v) is 2.98. The number of fused-ring (bicyclic) bond motifs is 1. The molecule has 0 spiro atoms. The highest BCUT2D eigenvalue weighted by Crippen LogP contribution is 2.40. The second-order valence-electron chi connectivity index (χ2n) is 4.88. The molecule has 0 aliphatic carbocycles. The van der Waals surface area contributed by atoms with Crippen LogP contribution in [0, 0.1) is 0 Å². The normalized spacial score (nSPS) is 16.4. The molecule has 6 nitrogen and oxygen atoms in total. The number of esters is 1. The van der Waals surface area contributed by atoms with Gasteiger partial charge in [0.05, 0.1) is 16.0 Å². The van der Waals surface area contributed by atoms with E-state index < -0.39 is 19.0 Å². The Kier molecular flexibility index (Phi) is 6.41. The highest BCUT2D eigenvalue weighted by Gasteiger charge is 2.37. The summed E-state index contributed by atoms with van der Waals surface area (Å²) in [5.41, 5.74) is 6.66. The lowest BCUT2D eigenvalue weighted by Gasteiger charge is -2.31. The molecule has 10 heteroatoms. The number of hydrogen-bond donors (Lipinski definition) is 2. The summed E-state index contributed by atoms with van der Waals surface area (Å²) in [5.74, 6) is -0.930. The lowest BCUT2D eigenvalue weighted by molar-refractivity contribution is -0.121. The zero-order valence-electron chi connectivity index (χ0n) is 12.2. The minimum absolute atomic E-state index is 0.153. The zero-order chi connectivity index (χ0) is 17.1. The standard InChI is InChI=1S/C13H14BCl2IN2O4/c1-2-10(20)19-9-4-6-11(16)8(15)3-7(13(21)22-5-17)12(6)23-14(9)18/h3,9H,2,4-5,18H2,1H3,(H,19,20)/t9-/m0/s1. The summed E-state index contributed by atoms with van der Waals surface area (Å²) in [6.45, 7) is 1.74. The van der Waals surface area contributed by atoms with Gasteiger partial charge in [0.25, 0.3) is 0 Å². The minimum Gasteiger partial charge on any atom is -0.544 e. The molecule has 3 N–H and O–H groups in total. The van der Waals surface area contributed by atoms with Gasteiger partial charge >= 0.3 is 13.0 Å². The fraction of sp³-hybridized carbons (Fsp3) is 0.385. The second kappa shape index (κ2) is 7.91. The Morgan fingerprint density at radius 2 is 2.26 bits per heavy atom. The largest absolute Gasteiger partial charge is 0.544 e. The SMILES string of the molecule is CCC(=O)N[C@H]1Cc2c(Cl)c(Cl)cc(C(=O)OCI)c2OB1N. The van der Waals surface area contributed by atoms with Crippen LogP contribution in [0.1, 0.15) is 29.3 Å². The quantitative estimate of drug-likeness (QED) is 0.305. The second-order valence-corrected chi connectivity index (χ2v) is 6.29. The minimum atomic E-state index is -0.804. The smallest absolute Gasteiger partial charge is 0.467 e. The molecule has 0 saturated heterocycles. The van der Waals surface area contributed by atoms with Gasteiger partial charge in [-0.2, -0.15) is 0 Å². The Labute approximate surface area is 157 Å². The number of hydrogen-bond acceptors (Lipinski definition) is 5. The third kappa shape index (κ3) is 4.04. The molecule has 1 aromatic carbocycles. The number of amides is 1. The summed E-state index contributed by atoms with van der Waals surface area (Å²) in [6, 6.07) is 1.40. The molecular formula is C13H14BCl2IN2O4. The Bertz CT molecular complexity index is 647. The molecule has 0 bridgehead atoms. The van der Waals surface area contributed by atoms with Crippen molar-refractivity contribution in [3.63, 3.8) is 0 Å². The van der Waals surface area contributed by atoms with Gasteiger partial charge in [-0.1, -0.05) is 30.1 Å². The first-order chi connectivity index (χ1) is 10.9. The van der Waals surface area contributed by atoms with E-state index >= 15 is 0 Å². The molecule has 0 fully saturated rings. The van der Waals surface area contributed by atoms with Crippen molar-refractivity contribution in [3.05, 3.63) is 27.2 Å². The molecule has 0 unspecified atom stereocenters.